The number of rotatable bonds is 5. The molecule has 0 aliphatic heterocycles. The van der Waals surface area contributed by atoms with Crippen molar-refractivity contribution in [1.82, 2.24) is 4.98 Å². The molecule has 0 radical (unpaired) electrons. The molecular formula is C14H21N3O3. The summed E-state index contributed by atoms with van der Waals surface area (Å²) < 4.78 is 0. The van der Waals surface area contributed by atoms with E-state index in [1.165, 1.54) is 18.9 Å². The fourth-order valence-corrected chi connectivity index (χ4v) is 2.87. The van der Waals surface area contributed by atoms with Crippen LogP contribution >= 0.6 is 0 Å². The number of hydrogen-bond donors (Lipinski definition) is 2. The number of aromatic nitrogens is 1. The van der Waals surface area contributed by atoms with Crippen LogP contribution in [0.15, 0.2) is 12.1 Å². The molecule has 0 spiro atoms. The Hall–Kier alpha value is -1.69. The van der Waals surface area contributed by atoms with Gasteiger partial charge in [-0.05, 0) is 37.7 Å². The third-order valence-corrected chi connectivity index (χ3v) is 4.10. The molecule has 1 aromatic rings. The predicted octanol–water partition coefficient (Wildman–Crippen LogP) is 2.51. The molecule has 1 aromatic heterocycles. The molecule has 0 bridgehead atoms. The Morgan fingerprint density at radius 3 is 2.70 bits per heavy atom. The van der Waals surface area contributed by atoms with Crippen LogP contribution in [0, 0.1) is 28.9 Å². The molecule has 1 heterocycles. The van der Waals surface area contributed by atoms with E-state index >= 15 is 0 Å². The molecule has 0 saturated heterocycles. The van der Waals surface area contributed by atoms with Crippen LogP contribution in [-0.4, -0.2) is 28.2 Å². The molecule has 2 N–H and O–H groups in total. The van der Waals surface area contributed by atoms with Gasteiger partial charge in [0.2, 0.25) is 0 Å². The third-order valence-electron chi connectivity index (χ3n) is 4.10. The summed E-state index contributed by atoms with van der Waals surface area (Å²) in [5, 5.41) is 23.4. The van der Waals surface area contributed by atoms with Crippen molar-refractivity contribution < 1.29 is 10.0 Å². The maximum atomic E-state index is 10.7. The molecule has 2 atom stereocenters. The summed E-state index contributed by atoms with van der Waals surface area (Å²) in [6.07, 6.45) is 4.59. The van der Waals surface area contributed by atoms with E-state index in [4.69, 9.17) is 0 Å². The first-order chi connectivity index (χ1) is 9.61. The lowest BCUT2D eigenvalue weighted by molar-refractivity contribution is -0.385. The van der Waals surface area contributed by atoms with Crippen LogP contribution < -0.4 is 5.32 Å². The topological polar surface area (TPSA) is 88.3 Å². The SMILES string of the molecule is Cc1nc(NCC2CCCCC2CO)ccc1[N+](=O)[O-]. The van der Waals surface area contributed by atoms with Gasteiger partial charge in [0.05, 0.1) is 4.92 Å². The van der Waals surface area contributed by atoms with Crippen LogP contribution in [0.1, 0.15) is 31.4 Å². The maximum absolute atomic E-state index is 10.7. The lowest BCUT2D eigenvalue weighted by atomic mass is 9.79. The molecule has 0 aromatic carbocycles. The van der Waals surface area contributed by atoms with Crippen molar-refractivity contribution in [2.75, 3.05) is 18.5 Å². The minimum absolute atomic E-state index is 0.0430. The van der Waals surface area contributed by atoms with Crippen molar-refractivity contribution in [3.8, 4) is 0 Å². The predicted molar refractivity (Wildman–Crippen MR) is 76.7 cm³/mol. The lowest BCUT2D eigenvalue weighted by Gasteiger charge is -2.30. The molecule has 1 saturated carbocycles. The number of nitro groups is 1. The molecule has 1 fully saturated rings. The summed E-state index contributed by atoms with van der Waals surface area (Å²) in [6, 6.07) is 3.12. The van der Waals surface area contributed by atoms with Crippen molar-refractivity contribution in [1.29, 1.82) is 0 Å². The Bertz CT molecular complexity index is 479. The largest absolute Gasteiger partial charge is 0.396 e. The third kappa shape index (κ3) is 3.45. The molecule has 0 amide bonds. The van der Waals surface area contributed by atoms with Crippen molar-refractivity contribution in [3.63, 3.8) is 0 Å². The normalized spacial score (nSPS) is 22.5. The average molecular weight is 279 g/mol. The molecule has 6 nitrogen and oxygen atoms in total. The van der Waals surface area contributed by atoms with E-state index in [0.29, 0.717) is 23.3 Å². The van der Waals surface area contributed by atoms with E-state index in [0.717, 1.165) is 19.4 Å². The van der Waals surface area contributed by atoms with Crippen molar-refractivity contribution in [3.05, 3.63) is 27.9 Å². The van der Waals surface area contributed by atoms with Crippen LogP contribution in [0.3, 0.4) is 0 Å². The summed E-state index contributed by atoms with van der Waals surface area (Å²) in [5.41, 5.74) is 0.462. The number of aryl methyl sites for hydroxylation is 1. The van der Waals surface area contributed by atoms with Crippen molar-refractivity contribution in [2.45, 2.75) is 32.6 Å². The van der Waals surface area contributed by atoms with E-state index in [1.54, 1.807) is 13.0 Å². The summed E-state index contributed by atoms with van der Waals surface area (Å²) in [6.45, 7) is 2.63. The zero-order valence-corrected chi connectivity index (χ0v) is 11.7. The molecule has 1 aliphatic rings. The number of nitrogens with zero attached hydrogens (tertiary/aromatic N) is 2. The second kappa shape index (κ2) is 6.65. The number of anilines is 1. The molecule has 20 heavy (non-hydrogen) atoms. The summed E-state index contributed by atoms with van der Waals surface area (Å²) >= 11 is 0. The Labute approximate surface area is 118 Å². The number of aliphatic hydroxyl groups is 1. The highest BCUT2D eigenvalue weighted by molar-refractivity contribution is 5.44. The van der Waals surface area contributed by atoms with Crippen molar-refractivity contribution >= 4 is 11.5 Å². The molecule has 110 valence electrons. The fourth-order valence-electron chi connectivity index (χ4n) is 2.87. The monoisotopic (exact) mass is 279 g/mol. The second-order valence-corrected chi connectivity index (χ2v) is 5.43. The van der Waals surface area contributed by atoms with Gasteiger partial charge in [-0.1, -0.05) is 12.8 Å². The van der Waals surface area contributed by atoms with E-state index in [-0.39, 0.29) is 12.3 Å². The summed E-state index contributed by atoms with van der Waals surface area (Å²) in [7, 11) is 0. The minimum atomic E-state index is -0.422. The van der Waals surface area contributed by atoms with Gasteiger partial charge >= 0.3 is 0 Å². The first-order valence-corrected chi connectivity index (χ1v) is 7.08. The van der Waals surface area contributed by atoms with Crippen LogP contribution in [0.4, 0.5) is 11.5 Å². The highest BCUT2D eigenvalue weighted by atomic mass is 16.6. The van der Waals surface area contributed by atoms with Gasteiger partial charge in [0.25, 0.3) is 5.69 Å². The van der Waals surface area contributed by atoms with E-state index in [9.17, 15) is 15.2 Å². The van der Waals surface area contributed by atoms with Gasteiger partial charge < -0.3 is 10.4 Å². The molecule has 1 aliphatic carbocycles. The smallest absolute Gasteiger partial charge is 0.290 e. The first kappa shape index (κ1) is 14.7. The average Bonchev–Trinajstić information content (AvgIpc) is 2.45. The van der Waals surface area contributed by atoms with Gasteiger partial charge in [-0.3, -0.25) is 10.1 Å². The van der Waals surface area contributed by atoms with Crippen LogP contribution in [0.5, 0.6) is 0 Å². The molecule has 2 unspecified atom stereocenters. The highest BCUT2D eigenvalue weighted by Crippen LogP contribution is 2.30. The standard InChI is InChI=1S/C14H21N3O3/c1-10-13(17(19)20)6-7-14(16-10)15-8-11-4-2-3-5-12(11)9-18/h6-7,11-12,18H,2-5,8-9H2,1H3,(H,15,16). The number of hydrogen-bond acceptors (Lipinski definition) is 5. The van der Waals surface area contributed by atoms with Gasteiger partial charge in [0.15, 0.2) is 0 Å². The van der Waals surface area contributed by atoms with Gasteiger partial charge in [-0.2, -0.15) is 0 Å². The van der Waals surface area contributed by atoms with Gasteiger partial charge in [0.1, 0.15) is 11.5 Å². The van der Waals surface area contributed by atoms with Gasteiger partial charge in [-0.15, -0.1) is 0 Å². The van der Waals surface area contributed by atoms with E-state index < -0.39 is 4.92 Å². The van der Waals surface area contributed by atoms with Gasteiger partial charge in [0, 0.05) is 19.2 Å². The summed E-state index contributed by atoms with van der Waals surface area (Å²) in [5.74, 6) is 1.47. The summed E-state index contributed by atoms with van der Waals surface area (Å²) in [4.78, 5) is 14.5. The number of pyridine rings is 1. The number of aliphatic hydroxyl groups excluding tert-OH is 1. The zero-order valence-electron chi connectivity index (χ0n) is 11.7. The minimum Gasteiger partial charge on any atom is -0.396 e. The van der Waals surface area contributed by atoms with Gasteiger partial charge in [-0.25, -0.2) is 4.98 Å². The van der Waals surface area contributed by atoms with Crippen LogP contribution in [-0.2, 0) is 0 Å². The molecule has 6 heteroatoms. The van der Waals surface area contributed by atoms with Crippen molar-refractivity contribution in [2.24, 2.45) is 11.8 Å². The maximum Gasteiger partial charge on any atom is 0.290 e. The Morgan fingerprint density at radius 1 is 1.40 bits per heavy atom. The Morgan fingerprint density at radius 2 is 2.10 bits per heavy atom. The zero-order chi connectivity index (χ0) is 14.5. The molecule has 2 rings (SSSR count). The first-order valence-electron chi connectivity index (χ1n) is 7.08. The highest BCUT2D eigenvalue weighted by Gasteiger charge is 2.24. The van der Waals surface area contributed by atoms with Crippen LogP contribution in [0.25, 0.3) is 0 Å². The quantitative estimate of drug-likeness (QED) is 0.638. The Kier molecular flexibility index (Phi) is 4.89. The Balaban J connectivity index is 1.96. The second-order valence-electron chi connectivity index (χ2n) is 5.43. The van der Waals surface area contributed by atoms with E-state index in [1.807, 2.05) is 0 Å². The number of nitrogens with one attached hydrogen (secondary N) is 1. The lowest BCUT2D eigenvalue weighted by Crippen LogP contribution is -2.28. The van der Waals surface area contributed by atoms with E-state index in [2.05, 4.69) is 10.3 Å². The van der Waals surface area contributed by atoms with Crippen LogP contribution in [0.2, 0.25) is 0 Å². The fraction of sp³-hybridized carbons (Fsp3) is 0.643. The molecular weight excluding hydrogens is 258 g/mol.